The van der Waals surface area contributed by atoms with Crippen LogP contribution in [0.1, 0.15) is 19.8 Å². The molecule has 0 bridgehead atoms. The first-order valence-corrected chi connectivity index (χ1v) is 13.3. The zero-order valence-electron chi connectivity index (χ0n) is 20.6. The van der Waals surface area contributed by atoms with Gasteiger partial charge in [-0.25, -0.2) is 9.38 Å². The number of hydrogen-bond acceptors (Lipinski definition) is 7. The number of benzene rings is 2. The van der Waals surface area contributed by atoms with Crippen LogP contribution in [0, 0.1) is 5.82 Å². The molecule has 0 unspecified atom stereocenters. The molecule has 0 radical (unpaired) electrons. The predicted octanol–water partition coefficient (Wildman–Crippen LogP) is 4.36. The molecular formula is C27H33FN4O3S. The monoisotopic (exact) mass is 512 g/mol. The molecule has 2 aromatic carbocycles. The molecule has 0 atom stereocenters. The number of aromatic nitrogens is 1. The average Bonchev–Trinajstić information content (AvgIpc) is 3.30. The highest BCUT2D eigenvalue weighted by Crippen LogP contribution is 2.25. The number of morpholine rings is 1. The van der Waals surface area contributed by atoms with Crippen LogP contribution in [-0.2, 0) is 20.8 Å². The van der Waals surface area contributed by atoms with Crippen molar-refractivity contribution in [3.05, 3.63) is 64.5 Å². The van der Waals surface area contributed by atoms with Gasteiger partial charge in [-0.3, -0.25) is 4.79 Å². The summed E-state index contributed by atoms with van der Waals surface area (Å²) in [6.45, 7) is 7.67. The number of carbonyl (C=O) groups is 1. The van der Waals surface area contributed by atoms with E-state index in [2.05, 4.69) is 44.4 Å². The molecular weight excluding hydrogens is 479 g/mol. The Hall–Kier alpha value is -3.01. The van der Waals surface area contributed by atoms with Gasteiger partial charge in [0.15, 0.2) is 4.80 Å². The maximum Gasteiger partial charge on any atom is 0.307 e. The third-order valence-electron chi connectivity index (χ3n) is 5.93. The van der Waals surface area contributed by atoms with E-state index >= 15 is 0 Å². The van der Waals surface area contributed by atoms with Crippen LogP contribution in [0.25, 0.3) is 11.3 Å². The predicted molar refractivity (Wildman–Crippen MR) is 141 cm³/mol. The van der Waals surface area contributed by atoms with Crippen LogP contribution in [0.5, 0.6) is 0 Å². The molecule has 36 heavy (non-hydrogen) atoms. The third kappa shape index (κ3) is 7.25. The van der Waals surface area contributed by atoms with Gasteiger partial charge >= 0.3 is 5.97 Å². The SMILES string of the molecule is CCOC(=O)CCNCCCn1c(-c2ccc(N3CCOCC3)cc2)csc1=Nc1ccc(F)cc1. The lowest BCUT2D eigenvalue weighted by Crippen LogP contribution is -2.36. The minimum atomic E-state index is -0.275. The molecule has 7 nitrogen and oxygen atoms in total. The number of anilines is 1. The Bertz CT molecular complexity index is 1170. The molecule has 1 N–H and O–H groups in total. The summed E-state index contributed by atoms with van der Waals surface area (Å²) >= 11 is 1.57. The molecule has 1 aromatic heterocycles. The Morgan fingerprint density at radius 2 is 1.86 bits per heavy atom. The van der Waals surface area contributed by atoms with E-state index in [-0.39, 0.29) is 11.8 Å². The van der Waals surface area contributed by atoms with Crippen LogP contribution in [0.2, 0.25) is 0 Å². The van der Waals surface area contributed by atoms with Crippen molar-refractivity contribution >= 4 is 28.7 Å². The zero-order chi connectivity index (χ0) is 25.2. The maximum absolute atomic E-state index is 13.4. The second-order valence-electron chi connectivity index (χ2n) is 8.45. The fourth-order valence-corrected chi connectivity index (χ4v) is 5.02. The fraction of sp³-hybridized carbons (Fsp3) is 0.407. The number of thiazole rings is 1. The normalized spacial score (nSPS) is 14.3. The first-order valence-electron chi connectivity index (χ1n) is 12.4. The average molecular weight is 513 g/mol. The molecule has 1 fully saturated rings. The summed E-state index contributed by atoms with van der Waals surface area (Å²) in [5.41, 5.74) is 4.14. The van der Waals surface area contributed by atoms with Crippen molar-refractivity contribution in [2.24, 2.45) is 4.99 Å². The highest BCUT2D eigenvalue weighted by Gasteiger charge is 2.13. The van der Waals surface area contributed by atoms with Gasteiger partial charge in [-0.2, -0.15) is 0 Å². The topological polar surface area (TPSA) is 68.1 Å². The van der Waals surface area contributed by atoms with Crippen LogP contribution in [0.15, 0.2) is 58.9 Å². The van der Waals surface area contributed by atoms with E-state index in [0.717, 1.165) is 61.9 Å². The molecule has 2 heterocycles. The summed E-state index contributed by atoms with van der Waals surface area (Å²) < 4.78 is 26.0. The third-order valence-corrected chi connectivity index (χ3v) is 6.80. The summed E-state index contributed by atoms with van der Waals surface area (Å²) in [7, 11) is 0. The Kier molecular flexibility index (Phi) is 9.66. The van der Waals surface area contributed by atoms with Gasteiger partial charge in [0.1, 0.15) is 5.82 Å². The molecule has 1 aliphatic heterocycles. The van der Waals surface area contributed by atoms with E-state index in [4.69, 9.17) is 14.5 Å². The molecule has 192 valence electrons. The lowest BCUT2D eigenvalue weighted by molar-refractivity contribution is -0.142. The van der Waals surface area contributed by atoms with Gasteiger partial charge in [-0.05, 0) is 61.9 Å². The number of halogens is 1. The Balaban J connectivity index is 1.49. The van der Waals surface area contributed by atoms with Crippen molar-refractivity contribution in [1.29, 1.82) is 0 Å². The van der Waals surface area contributed by atoms with Crippen molar-refractivity contribution < 1.29 is 18.7 Å². The van der Waals surface area contributed by atoms with Crippen LogP contribution in [0.4, 0.5) is 15.8 Å². The Morgan fingerprint density at radius 1 is 1.11 bits per heavy atom. The molecule has 3 aromatic rings. The standard InChI is InChI=1S/C27H33FN4O3S/c1-2-35-26(33)12-14-29-13-3-15-32-25(20-36-27(32)30-23-8-6-22(28)7-9-23)21-4-10-24(11-5-21)31-16-18-34-19-17-31/h4-11,20,29H,2-3,12-19H2,1H3. The van der Waals surface area contributed by atoms with Crippen molar-refractivity contribution in [3.8, 4) is 11.3 Å². The number of rotatable bonds is 11. The summed E-state index contributed by atoms with van der Waals surface area (Å²) in [6, 6.07) is 14.9. The molecule has 1 aliphatic rings. The van der Waals surface area contributed by atoms with Gasteiger partial charge in [-0.1, -0.05) is 12.1 Å². The quantitative estimate of drug-likeness (QED) is 0.306. The van der Waals surface area contributed by atoms with Crippen LogP contribution in [0.3, 0.4) is 0 Å². The van der Waals surface area contributed by atoms with E-state index < -0.39 is 0 Å². The Labute approximate surface area is 215 Å². The second-order valence-corrected chi connectivity index (χ2v) is 9.28. The highest BCUT2D eigenvalue weighted by molar-refractivity contribution is 7.07. The molecule has 0 spiro atoms. The maximum atomic E-state index is 13.4. The van der Waals surface area contributed by atoms with E-state index in [1.165, 1.54) is 17.8 Å². The first kappa shape index (κ1) is 26.1. The first-order chi connectivity index (χ1) is 17.6. The van der Waals surface area contributed by atoms with Gasteiger partial charge in [0, 0.05) is 37.2 Å². The lowest BCUT2D eigenvalue weighted by atomic mass is 10.1. The summed E-state index contributed by atoms with van der Waals surface area (Å²) in [5, 5.41) is 5.44. The van der Waals surface area contributed by atoms with Gasteiger partial charge in [0.25, 0.3) is 0 Å². The lowest BCUT2D eigenvalue weighted by Gasteiger charge is -2.28. The number of nitrogens with zero attached hydrogens (tertiary/aromatic N) is 3. The largest absolute Gasteiger partial charge is 0.466 e. The molecule has 0 aliphatic carbocycles. The number of esters is 1. The minimum absolute atomic E-state index is 0.180. The van der Waals surface area contributed by atoms with E-state index in [1.54, 1.807) is 23.5 Å². The highest BCUT2D eigenvalue weighted by atomic mass is 32.1. The van der Waals surface area contributed by atoms with Gasteiger partial charge in [0.2, 0.25) is 0 Å². The summed E-state index contributed by atoms with van der Waals surface area (Å²) in [4.78, 5) is 19.5. The number of ether oxygens (including phenoxy) is 2. The van der Waals surface area contributed by atoms with Crippen molar-refractivity contribution in [2.75, 3.05) is 50.9 Å². The van der Waals surface area contributed by atoms with Crippen molar-refractivity contribution in [1.82, 2.24) is 9.88 Å². The summed E-state index contributed by atoms with van der Waals surface area (Å²) in [6.07, 6.45) is 1.24. The number of hydrogen-bond donors (Lipinski definition) is 1. The Morgan fingerprint density at radius 3 is 2.58 bits per heavy atom. The minimum Gasteiger partial charge on any atom is -0.466 e. The van der Waals surface area contributed by atoms with E-state index in [0.29, 0.717) is 25.3 Å². The van der Waals surface area contributed by atoms with E-state index in [9.17, 15) is 9.18 Å². The van der Waals surface area contributed by atoms with Crippen LogP contribution in [-0.4, -0.2) is 56.5 Å². The van der Waals surface area contributed by atoms with Crippen molar-refractivity contribution in [3.63, 3.8) is 0 Å². The van der Waals surface area contributed by atoms with Crippen molar-refractivity contribution in [2.45, 2.75) is 26.3 Å². The van der Waals surface area contributed by atoms with Gasteiger partial charge in [0.05, 0.1) is 37.6 Å². The molecule has 9 heteroatoms. The molecule has 0 saturated carbocycles. The second kappa shape index (κ2) is 13.3. The van der Waals surface area contributed by atoms with Gasteiger partial charge < -0.3 is 24.3 Å². The summed E-state index contributed by atoms with van der Waals surface area (Å²) in [5.74, 6) is -0.455. The molecule has 1 saturated heterocycles. The molecule has 0 amide bonds. The van der Waals surface area contributed by atoms with Crippen LogP contribution < -0.4 is 15.0 Å². The molecule has 4 rings (SSSR count). The number of nitrogens with one attached hydrogen (secondary N) is 1. The smallest absolute Gasteiger partial charge is 0.307 e. The van der Waals surface area contributed by atoms with E-state index in [1.807, 2.05) is 6.92 Å². The van der Waals surface area contributed by atoms with Crippen LogP contribution >= 0.6 is 11.3 Å². The fourth-order valence-electron chi connectivity index (χ4n) is 4.07. The van der Waals surface area contributed by atoms with Gasteiger partial charge in [-0.15, -0.1) is 11.3 Å². The zero-order valence-corrected chi connectivity index (χ0v) is 21.4. The number of carbonyl (C=O) groups excluding carboxylic acids is 1.